The van der Waals surface area contributed by atoms with Crippen molar-refractivity contribution < 1.29 is 14.0 Å². The van der Waals surface area contributed by atoms with Crippen molar-refractivity contribution in [1.29, 1.82) is 0 Å². The van der Waals surface area contributed by atoms with Crippen molar-refractivity contribution in [3.05, 3.63) is 64.5 Å². The van der Waals surface area contributed by atoms with Gasteiger partial charge in [0.15, 0.2) is 0 Å². The molecule has 0 aliphatic carbocycles. The van der Waals surface area contributed by atoms with Crippen LogP contribution in [0.25, 0.3) is 0 Å². The maximum atomic E-state index is 14.7. The Morgan fingerprint density at radius 3 is 2.57 bits per heavy atom. The van der Waals surface area contributed by atoms with Crippen molar-refractivity contribution in [3.8, 4) is 0 Å². The van der Waals surface area contributed by atoms with Gasteiger partial charge in [-0.1, -0.05) is 35.9 Å². The third kappa shape index (κ3) is 5.30. The molecule has 7 heteroatoms. The first kappa shape index (κ1) is 21.9. The van der Waals surface area contributed by atoms with E-state index < -0.39 is 6.04 Å². The number of hydrogen-bond acceptors (Lipinski definition) is 3. The number of carbonyl (C=O) groups is 2. The van der Waals surface area contributed by atoms with E-state index in [4.69, 9.17) is 0 Å². The number of anilines is 1. The molecule has 0 saturated carbocycles. The highest BCUT2D eigenvalue weighted by Crippen LogP contribution is 2.25. The van der Waals surface area contributed by atoms with E-state index in [-0.39, 0.29) is 42.1 Å². The van der Waals surface area contributed by atoms with Crippen molar-refractivity contribution in [2.24, 2.45) is 0 Å². The molecule has 1 heterocycles. The molecule has 1 aliphatic rings. The fourth-order valence-electron chi connectivity index (χ4n) is 3.31. The number of amides is 2. The molecule has 1 aliphatic heterocycles. The zero-order chi connectivity index (χ0) is 19.4. The van der Waals surface area contributed by atoms with E-state index in [2.05, 4.69) is 16.0 Å². The topological polar surface area (TPSA) is 70.2 Å². The minimum atomic E-state index is -0.465. The lowest BCUT2D eigenvalue weighted by molar-refractivity contribution is -0.120. The average Bonchev–Trinajstić information content (AvgIpc) is 2.64. The summed E-state index contributed by atoms with van der Waals surface area (Å²) in [5, 5.41) is 8.66. The summed E-state index contributed by atoms with van der Waals surface area (Å²) in [6, 6.07) is 10.6. The quantitative estimate of drug-likeness (QED) is 0.714. The number of aryl methyl sites for hydroxylation is 1. The van der Waals surface area contributed by atoms with Crippen LogP contribution in [0.2, 0.25) is 0 Å². The van der Waals surface area contributed by atoms with Gasteiger partial charge in [0.05, 0.1) is 18.2 Å². The van der Waals surface area contributed by atoms with Crippen LogP contribution in [-0.2, 0) is 22.6 Å². The molecule has 1 atom stereocenters. The molecule has 0 saturated heterocycles. The SMILES string of the molecule is CC(=O)NC(CC(=O)Nc1ccc2c(c1F)CCNC2)c1ccc(C)cc1.Cl. The van der Waals surface area contributed by atoms with Gasteiger partial charge in [0.25, 0.3) is 0 Å². The Labute approximate surface area is 170 Å². The third-order valence-electron chi connectivity index (χ3n) is 4.73. The summed E-state index contributed by atoms with van der Waals surface area (Å²) in [5.41, 5.74) is 3.69. The second-order valence-electron chi connectivity index (χ2n) is 6.91. The summed E-state index contributed by atoms with van der Waals surface area (Å²) >= 11 is 0. The highest BCUT2D eigenvalue weighted by Gasteiger charge is 2.20. The summed E-state index contributed by atoms with van der Waals surface area (Å²) < 4.78 is 14.7. The standard InChI is InChI=1S/C21H24FN3O2.ClH/c1-13-3-5-15(6-4-13)19(24-14(2)26)11-20(27)25-18-8-7-16-12-23-10-9-17(16)21(18)22;/h3-8,19,23H,9-12H2,1-2H3,(H,24,26)(H,25,27);1H. The zero-order valence-corrected chi connectivity index (χ0v) is 16.8. The van der Waals surface area contributed by atoms with Crippen molar-refractivity contribution >= 4 is 29.9 Å². The number of carbonyl (C=O) groups excluding carboxylic acids is 2. The Bertz CT molecular complexity index is 855. The second kappa shape index (κ2) is 9.66. The monoisotopic (exact) mass is 405 g/mol. The van der Waals surface area contributed by atoms with Crippen LogP contribution in [0.3, 0.4) is 0 Å². The molecule has 150 valence electrons. The third-order valence-corrected chi connectivity index (χ3v) is 4.73. The average molecular weight is 406 g/mol. The molecule has 2 aromatic rings. The van der Waals surface area contributed by atoms with Gasteiger partial charge in [-0.2, -0.15) is 0 Å². The maximum Gasteiger partial charge on any atom is 0.226 e. The molecule has 0 aromatic heterocycles. The first-order valence-corrected chi connectivity index (χ1v) is 9.08. The number of benzene rings is 2. The molecule has 5 nitrogen and oxygen atoms in total. The number of fused-ring (bicyclic) bond motifs is 1. The van der Waals surface area contributed by atoms with Crippen LogP contribution in [-0.4, -0.2) is 18.4 Å². The van der Waals surface area contributed by atoms with Gasteiger partial charge >= 0.3 is 0 Å². The molecule has 28 heavy (non-hydrogen) atoms. The summed E-state index contributed by atoms with van der Waals surface area (Å²) in [5.74, 6) is -0.934. The highest BCUT2D eigenvalue weighted by molar-refractivity contribution is 5.92. The largest absolute Gasteiger partial charge is 0.349 e. The summed E-state index contributed by atoms with van der Waals surface area (Å²) in [6.45, 7) is 4.74. The number of rotatable bonds is 5. The van der Waals surface area contributed by atoms with Gasteiger partial charge in [0, 0.05) is 13.5 Å². The van der Waals surface area contributed by atoms with Gasteiger partial charge in [-0.05, 0) is 42.6 Å². The van der Waals surface area contributed by atoms with Gasteiger partial charge in [0.1, 0.15) is 5.82 Å². The molecular formula is C21H25ClFN3O2. The van der Waals surface area contributed by atoms with Crippen molar-refractivity contribution in [2.75, 3.05) is 11.9 Å². The van der Waals surface area contributed by atoms with E-state index in [1.54, 1.807) is 6.07 Å². The lowest BCUT2D eigenvalue weighted by atomic mass is 9.99. The molecular weight excluding hydrogens is 381 g/mol. The van der Waals surface area contributed by atoms with Crippen molar-refractivity contribution in [2.45, 2.75) is 39.3 Å². The predicted octanol–water partition coefficient (Wildman–Crippen LogP) is 3.41. The Balaban J connectivity index is 0.00000280. The van der Waals surface area contributed by atoms with Gasteiger partial charge in [-0.3, -0.25) is 9.59 Å². The van der Waals surface area contributed by atoms with Crippen LogP contribution >= 0.6 is 12.4 Å². The van der Waals surface area contributed by atoms with Gasteiger partial charge in [-0.15, -0.1) is 12.4 Å². The normalized spacial score (nSPS) is 13.7. The molecule has 0 fully saturated rings. The minimum Gasteiger partial charge on any atom is -0.349 e. The highest BCUT2D eigenvalue weighted by atomic mass is 35.5. The van der Waals surface area contributed by atoms with E-state index in [1.165, 1.54) is 6.92 Å². The smallest absolute Gasteiger partial charge is 0.226 e. The van der Waals surface area contributed by atoms with E-state index in [9.17, 15) is 14.0 Å². The molecule has 0 radical (unpaired) electrons. The van der Waals surface area contributed by atoms with Crippen LogP contribution in [0.4, 0.5) is 10.1 Å². The number of nitrogens with one attached hydrogen (secondary N) is 3. The van der Waals surface area contributed by atoms with Crippen LogP contribution in [0.5, 0.6) is 0 Å². The first-order chi connectivity index (χ1) is 12.9. The summed E-state index contributed by atoms with van der Waals surface area (Å²) in [4.78, 5) is 24.1. The summed E-state index contributed by atoms with van der Waals surface area (Å²) in [7, 11) is 0. The Hall–Kier alpha value is -2.44. The van der Waals surface area contributed by atoms with Crippen LogP contribution in [0.15, 0.2) is 36.4 Å². The summed E-state index contributed by atoms with van der Waals surface area (Å²) in [6.07, 6.45) is 0.628. The molecule has 0 bridgehead atoms. The fourth-order valence-corrected chi connectivity index (χ4v) is 3.31. The van der Waals surface area contributed by atoms with E-state index >= 15 is 0 Å². The maximum absolute atomic E-state index is 14.7. The second-order valence-corrected chi connectivity index (χ2v) is 6.91. The lowest BCUT2D eigenvalue weighted by Gasteiger charge is -2.21. The van der Waals surface area contributed by atoms with Crippen LogP contribution in [0.1, 0.15) is 41.6 Å². The van der Waals surface area contributed by atoms with Crippen molar-refractivity contribution in [1.82, 2.24) is 10.6 Å². The minimum absolute atomic E-state index is 0. The molecule has 1 unspecified atom stereocenters. The predicted molar refractivity (Wildman–Crippen MR) is 110 cm³/mol. The van der Waals surface area contributed by atoms with Crippen molar-refractivity contribution in [3.63, 3.8) is 0 Å². The first-order valence-electron chi connectivity index (χ1n) is 9.08. The van der Waals surface area contributed by atoms with E-state index in [0.717, 1.165) is 23.2 Å². The lowest BCUT2D eigenvalue weighted by Crippen LogP contribution is -2.30. The number of halogens is 2. The molecule has 3 rings (SSSR count). The zero-order valence-electron chi connectivity index (χ0n) is 16.0. The van der Waals surface area contributed by atoms with Crippen LogP contribution in [0, 0.1) is 12.7 Å². The van der Waals surface area contributed by atoms with E-state index in [1.807, 2.05) is 37.3 Å². The van der Waals surface area contributed by atoms with Gasteiger partial charge in [0.2, 0.25) is 11.8 Å². The Morgan fingerprint density at radius 1 is 1.18 bits per heavy atom. The van der Waals surface area contributed by atoms with Crippen LogP contribution < -0.4 is 16.0 Å². The molecule has 0 spiro atoms. The van der Waals surface area contributed by atoms with Gasteiger partial charge in [-0.25, -0.2) is 4.39 Å². The molecule has 3 N–H and O–H groups in total. The van der Waals surface area contributed by atoms with Gasteiger partial charge < -0.3 is 16.0 Å². The molecule has 2 aromatic carbocycles. The Morgan fingerprint density at radius 2 is 1.89 bits per heavy atom. The Kier molecular flexibility index (Phi) is 7.54. The fraction of sp³-hybridized carbons (Fsp3) is 0.333. The number of hydrogen-bond donors (Lipinski definition) is 3. The molecule has 2 amide bonds. The van der Waals surface area contributed by atoms with E-state index in [0.29, 0.717) is 18.5 Å².